The molecule has 1 saturated carbocycles. The molecule has 0 bridgehead atoms. The van der Waals surface area contributed by atoms with E-state index in [4.69, 9.17) is 11.6 Å². The molecule has 1 rings (SSSR count). The molecule has 0 amide bonds. The standard InChI is InChI=1S/C8H15Cl/c1-6-4-5-8(2,3)7(6)9/h6-7H,4-5H2,1-3H3/t6-,7+/m1/s1. The minimum absolute atomic E-state index is 0.390. The van der Waals surface area contributed by atoms with Gasteiger partial charge >= 0.3 is 0 Å². The van der Waals surface area contributed by atoms with Crippen molar-refractivity contribution >= 4 is 11.6 Å². The average molecular weight is 147 g/mol. The Labute approximate surface area is 62.6 Å². The highest BCUT2D eigenvalue weighted by molar-refractivity contribution is 6.21. The molecule has 0 nitrogen and oxygen atoms in total. The summed E-state index contributed by atoms with van der Waals surface area (Å²) in [5.41, 5.74) is 0.390. The molecular weight excluding hydrogens is 132 g/mol. The van der Waals surface area contributed by atoms with Crippen molar-refractivity contribution in [2.75, 3.05) is 0 Å². The van der Waals surface area contributed by atoms with Crippen LogP contribution in [0.4, 0.5) is 0 Å². The van der Waals surface area contributed by atoms with Gasteiger partial charge in [-0.3, -0.25) is 0 Å². The summed E-state index contributed by atoms with van der Waals surface area (Å²) in [6.45, 7) is 6.76. The Morgan fingerprint density at radius 2 is 2.00 bits per heavy atom. The van der Waals surface area contributed by atoms with E-state index in [2.05, 4.69) is 20.8 Å². The van der Waals surface area contributed by atoms with E-state index in [1.807, 2.05) is 0 Å². The molecule has 1 aliphatic carbocycles. The molecule has 54 valence electrons. The number of halogens is 1. The van der Waals surface area contributed by atoms with E-state index in [0.717, 1.165) is 5.92 Å². The van der Waals surface area contributed by atoms with Crippen LogP contribution in [-0.4, -0.2) is 5.38 Å². The molecule has 1 aliphatic rings. The van der Waals surface area contributed by atoms with Gasteiger partial charge in [-0.15, -0.1) is 11.6 Å². The summed E-state index contributed by atoms with van der Waals surface area (Å²) in [6.07, 6.45) is 2.60. The maximum Gasteiger partial charge on any atom is 0.0412 e. The number of alkyl halides is 1. The van der Waals surface area contributed by atoms with Gasteiger partial charge in [-0.2, -0.15) is 0 Å². The molecule has 0 spiro atoms. The van der Waals surface area contributed by atoms with Gasteiger partial charge in [0, 0.05) is 5.38 Å². The van der Waals surface area contributed by atoms with Crippen LogP contribution in [0.2, 0.25) is 0 Å². The first kappa shape index (κ1) is 7.40. The molecule has 1 fully saturated rings. The van der Waals surface area contributed by atoms with E-state index < -0.39 is 0 Å². The van der Waals surface area contributed by atoms with Crippen molar-refractivity contribution in [1.82, 2.24) is 0 Å². The predicted octanol–water partition coefficient (Wildman–Crippen LogP) is 3.05. The normalized spacial score (nSPS) is 41.3. The topological polar surface area (TPSA) is 0 Å². The Balaban J connectivity index is 2.62. The van der Waals surface area contributed by atoms with Crippen LogP contribution >= 0.6 is 11.6 Å². The minimum Gasteiger partial charge on any atom is -0.122 e. The summed E-state index contributed by atoms with van der Waals surface area (Å²) in [6, 6.07) is 0. The third kappa shape index (κ3) is 1.24. The lowest BCUT2D eigenvalue weighted by Gasteiger charge is -2.22. The molecule has 1 heteroatoms. The van der Waals surface area contributed by atoms with Crippen LogP contribution in [0, 0.1) is 11.3 Å². The molecule has 0 N–H and O–H groups in total. The second kappa shape index (κ2) is 2.16. The molecule has 2 atom stereocenters. The molecule has 0 aliphatic heterocycles. The number of rotatable bonds is 0. The number of hydrogen-bond acceptors (Lipinski definition) is 0. The zero-order valence-corrected chi connectivity index (χ0v) is 7.20. The van der Waals surface area contributed by atoms with E-state index >= 15 is 0 Å². The van der Waals surface area contributed by atoms with Crippen LogP contribution in [-0.2, 0) is 0 Å². The summed E-state index contributed by atoms with van der Waals surface area (Å²) < 4.78 is 0. The van der Waals surface area contributed by atoms with E-state index in [-0.39, 0.29) is 0 Å². The first-order chi connectivity index (χ1) is 4.04. The van der Waals surface area contributed by atoms with Crippen LogP contribution in [0.15, 0.2) is 0 Å². The molecule has 0 heterocycles. The first-order valence-corrected chi connectivity index (χ1v) is 4.12. The highest BCUT2D eigenvalue weighted by Crippen LogP contribution is 2.44. The quantitative estimate of drug-likeness (QED) is 0.461. The molecule has 0 radical (unpaired) electrons. The Kier molecular flexibility index (Phi) is 1.77. The second-order valence-electron chi connectivity index (χ2n) is 3.91. The second-order valence-corrected chi connectivity index (χ2v) is 4.38. The van der Waals surface area contributed by atoms with Crippen molar-refractivity contribution in [3.05, 3.63) is 0 Å². The lowest BCUT2D eigenvalue weighted by Crippen LogP contribution is -2.20. The number of hydrogen-bond donors (Lipinski definition) is 0. The Morgan fingerprint density at radius 1 is 1.44 bits per heavy atom. The van der Waals surface area contributed by atoms with Crippen LogP contribution < -0.4 is 0 Å². The fourth-order valence-corrected chi connectivity index (χ4v) is 1.89. The fourth-order valence-electron chi connectivity index (χ4n) is 1.65. The van der Waals surface area contributed by atoms with Crippen molar-refractivity contribution < 1.29 is 0 Å². The fraction of sp³-hybridized carbons (Fsp3) is 1.00. The SMILES string of the molecule is C[C@@H]1CCC(C)(C)[C@H]1Cl. The summed E-state index contributed by atoms with van der Waals surface area (Å²) in [4.78, 5) is 0. The van der Waals surface area contributed by atoms with Gasteiger partial charge in [0.2, 0.25) is 0 Å². The summed E-state index contributed by atoms with van der Waals surface area (Å²) in [5.74, 6) is 0.724. The van der Waals surface area contributed by atoms with Gasteiger partial charge in [-0.05, 0) is 24.2 Å². The van der Waals surface area contributed by atoms with Gasteiger partial charge < -0.3 is 0 Å². The maximum absolute atomic E-state index is 6.15. The molecule has 0 saturated heterocycles. The van der Waals surface area contributed by atoms with E-state index in [1.54, 1.807) is 0 Å². The van der Waals surface area contributed by atoms with Crippen molar-refractivity contribution in [1.29, 1.82) is 0 Å². The van der Waals surface area contributed by atoms with Gasteiger partial charge in [0.15, 0.2) is 0 Å². The van der Waals surface area contributed by atoms with Crippen LogP contribution in [0.3, 0.4) is 0 Å². The van der Waals surface area contributed by atoms with Crippen molar-refractivity contribution in [3.8, 4) is 0 Å². The largest absolute Gasteiger partial charge is 0.122 e. The van der Waals surface area contributed by atoms with Gasteiger partial charge in [0.05, 0.1) is 0 Å². The van der Waals surface area contributed by atoms with Crippen molar-refractivity contribution in [3.63, 3.8) is 0 Å². The first-order valence-electron chi connectivity index (χ1n) is 3.68. The van der Waals surface area contributed by atoms with Gasteiger partial charge in [0.25, 0.3) is 0 Å². The lowest BCUT2D eigenvalue weighted by atomic mass is 9.90. The summed E-state index contributed by atoms with van der Waals surface area (Å²) in [7, 11) is 0. The minimum atomic E-state index is 0.390. The molecule has 0 aromatic heterocycles. The molecule has 9 heavy (non-hydrogen) atoms. The average Bonchev–Trinajstić information content (AvgIpc) is 1.97. The van der Waals surface area contributed by atoms with Crippen LogP contribution in [0.25, 0.3) is 0 Å². The Bertz CT molecular complexity index is 107. The Morgan fingerprint density at radius 3 is 2.11 bits per heavy atom. The molecular formula is C8H15Cl. The zero-order chi connectivity index (χ0) is 7.07. The summed E-state index contributed by atoms with van der Waals surface area (Å²) >= 11 is 6.15. The van der Waals surface area contributed by atoms with E-state index in [9.17, 15) is 0 Å². The summed E-state index contributed by atoms with van der Waals surface area (Å²) in [5, 5.41) is 0.400. The van der Waals surface area contributed by atoms with Crippen molar-refractivity contribution in [2.24, 2.45) is 11.3 Å². The van der Waals surface area contributed by atoms with Crippen LogP contribution in [0.1, 0.15) is 33.6 Å². The van der Waals surface area contributed by atoms with Crippen LogP contribution in [0.5, 0.6) is 0 Å². The third-order valence-electron chi connectivity index (χ3n) is 2.49. The Hall–Kier alpha value is 0.290. The molecule has 0 aromatic carbocycles. The third-order valence-corrected chi connectivity index (χ3v) is 3.51. The molecule has 0 unspecified atom stereocenters. The highest BCUT2D eigenvalue weighted by atomic mass is 35.5. The van der Waals surface area contributed by atoms with Gasteiger partial charge in [-0.25, -0.2) is 0 Å². The monoisotopic (exact) mass is 146 g/mol. The van der Waals surface area contributed by atoms with Gasteiger partial charge in [-0.1, -0.05) is 20.8 Å². The van der Waals surface area contributed by atoms with Crippen molar-refractivity contribution in [2.45, 2.75) is 39.0 Å². The van der Waals surface area contributed by atoms with E-state index in [0.29, 0.717) is 10.8 Å². The smallest absolute Gasteiger partial charge is 0.0412 e. The van der Waals surface area contributed by atoms with Gasteiger partial charge in [0.1, 0.15) is 0 Å². The predicted molar refractivity (Wildman–Crippen MR) is 41.8 cm³/mol. The maximum atomic E-state index is 6.15. The lowest BCUT2D eigenvalue weighted by molar-refractivity contribution is 0.374. The molecule has 0 aromatic rings. The zero-order valence-electron chi connectivity index (χ0n) is 6.45. The highest BCUT2D eigenvalue weighted by Gasteiger charge is 2.37. The van der Waals surface area contributed by atoms with E-state index in [1.165, 1.54) is 12.8 Å².